The number of amides is 1. The van der Waals surface area contributed by atoms with Crippen molar-refractivity contribution in [3.63, 3.8) is 0 Å². The number of rotatable bonds is 4. The summed E-state index contributed by atoms with van der Waals surface area (Å²) in [4.78, 5) is 22.9. The highest BCUT2D eigenvalue weighted by Gasteiger charge is 2.14. The predicted octanol–water partition coefficient (Wildman–Crippen LogP) is 3.39. The first-order chi connectivity index (χ1) is 9.58. The summed E-state index contributed by atoms with van der Waals surface area (Å²) < 4.78 is 5.55. The number of furan rings is 1. The lowest BCUT2D eigenvalue weighted by atomic mass is 10.2. The van der Waals surface area contributed by atoms with E-state index in [0.29, 0.717) is 10.2 Å². The number of benzene rings is 1. The maximum Gasteiger partial charge on any atom is 0.337 e. The van der Waals surface area contributed by atoms with E-state index in [1.54, 1.807) is 24.3 Å². The van der Waals surface area contributed by atoms with Crippen molar-refractivity contribution in [1.29, 1.82) is 0 Å². The molecule has 0 saturated carbocycles. The Bertz CT molecular complexity index is 662. The topological polar surface area (TPSA) is 79.5 Å². The van der Waals surface area contributed by atoms with Crippen molar-refractivity contribution >= 4 is 39.6 Å². The minimum Gasteiger partial charge on any atom is -0.478 e. The van der Waals surface area contributed by atoms with Crippen LogP contribution in [0, 0.1) is 0 Å². The molecular weight excluding hydrogens is 326 g/mol. The van der Waals surface area contributed by atoms with E-state index in [9.17, 15) is 9.59 Å². The van der Waals surface area contributed by atoms with Crippen LogP contribution in [0.25, 0.3) is 6.08 Å². The zero-order valence-electron chi connectivity index (χ0n) is 10.2. The van der Waals surface area contributed by atoms with Crippen molar-refractivity contribution in [3.8, 4) is 0 Å². The number of hydrogen-bond acceptors (Lipinski definition) is 3. The highest BCUT2D eigenvalue weighted by atomic mass is 79.9. The van der Waals surface area contributed by atoms with Crippen LogP contribution in [0.2, 0.25) is 0 Å². The third kappa shape index (κ3) is 3.36. The van der Waals surface area contributed by atoms with Crippen LogP contribution in [-0.4, -0.2) is 17.0 Å². The number of hydrogen-bond donors (Lipinski definition) is 2. The summed E-state index contributed by atoms with van der Waals surface area (Å²) in [5, 5.41) is 11.6. The molecule has 102 valence electrons. The van der Waals surface area contributed by atoms with Gasteiger partial charge in [0.25, 0.3) is 0 Å². The van der Waals surface area contributed by atoms with Gasteiger partial charge in [-0.1, -0.05) is 6.07 Å². The lowest BCUT2D eigenvalue weighted by Gasteiger charge is -2.08. The molecule has 2 aromatic rings. The Hall–Kier alpha value is -2.34. The molecular formula is C14H10BrNO4. The molecule has 0 atom stereocenters. The normalized spacial score (nSPS) is 10.7. The molecule has 0 aliphatic heterocycles. The molecule has 0 bridgehead atoms. The maximum atomic E-state index is 11.8. The number of halogens is 1. The molecule has 1 aromatic carbocycles. The second-order valence-electron chi connectivity index (χ2n) is 3.81. The van der Waals surface area contributed by atoms with Crippen LogP contribution in [-0.2, 0) is 4.79 Å². The van der Waals surface area contributed by atoms with Crippen LogP contribution >= 0.6 is 15.9 Å². The van der Waals surface area contributed by atoms with E-state index in [0.717, 1.165) is 0 Å². The molecule has 1 heterocycles. The largest absolute Gasteiger partial charge is 0.478 e. The number of aromatic carboxylic acids is 1. The Morgan fingerprint density at radius 3 is 2.70 bits per heavy atom. The SMILES string of the molecule is O=C(C=Cc1ccco1)Nc1c(Br)cccc1C(=O)O. The van der Waals surface area contributed by atoms with Gasteiger partial charge in [0.05, 0.1) is 17.5 Å². The van der Waals surface area contributed by atoms with Crippen molar-refractivity contribution in [2.75, 3.05) is 5.32 Å². The van der Waals surface area contributed by atoms with Crippen molar-refractivity contribution in [2.24, 2.45) is 0 Å². The van der Waals surface area contributed by atoms with E-state index >= 15 is 0 Å². The Kier molecular flexibility index (Phi) is 4.37. The lowest BCUT2D eigenvalue weighted by molar-refractivity contribution is -0.111. The molecule has 0 radical (unpaired) electrons. The van der Waals surface area contributed by atoms with E-state index in [2.05, 4.69) is 21.2 Å². The highest BCUT2D eigenvalue weighted by molar-refractivity contribution is 9.10. The van der Waals surface area contributed by atoms with Crippen LogP contribution in [0.1, 0.15) is 16.1 Å². The first-order valence-corrected chi connectivity index (χ1v) is 6.41. The Morgan fingerprint density at radius 2 is 2.05 bits per heavy atom. The van der Waals surface area contributed by atoms with Gasteiger partial charge in [0.1, 0.15) is 5.76 Å². The molecule has 1 aromatic heterocycles. The fourth-order valence-electron chi connectivity index (χ4n) is 1.54. The molecule has 6 heteroatoms. The van der Waals surface area contributed by atoms with E-state index in [1.807, 2.05) is 0 Å². The Labute approximate surface area is 123 Å². The van der Waals surface area contributed by atoms with Crippen LogP contribution in [0.15, 0.2) is 51.6 Å². The van der Waals surface area contributed by atoms with E-state index in [4.69, 9.17) is 9.52 Å². The molecule has 0 aliphatic carbocycles. The fourth-order valence-corrected chi connectivity index (χ4v) is 2.00. The van der Waals surface area contributed by atoms with Gasteiger partial charge in [-0.25, -0.2) is 4.79 Å². The lowest BCUT2D eigenvalue weighted by Crippen LogP contribution is -2.12. The summed E-state index contributed by atoms with van der Waals surface area (Å²) in [6.07, 6.45) is 4.25. The van der Waals surface area contributed by atoms with E-state index < -0.39 is 11.9 Å². The third-order valence-corrected chi connectivity index (χ3v) is 3.10. The van der Waals surface area contributed by atoms with E-state index in [1.165, 1.54) is 24.5 Å². The van der Waals surface area contributed by atoms with Gasteiger partial charge in [0.2, 0.25) is 5.91 Å². The third-order valence-electron chi connectivity index (χ3n) is 2.43. The number of nitrogens with one attached hydrogen (secondary N) is 1. The Morgan fingerprint density at radius 1 is 1.25 bits per heavy atom. The van der Waals surface area contributed by atoms with Crippen molar-refractivity contribution < 1.29 is 19.1 Å². The van der Waals surface area contributed by atoms with Crippen LogP contribution < -0.4 is 5.32 Å². The zero-order valence-corrected chi connectivity index (χ0v) is 11.8. The number of carbonyl (C=O) groups is 2. The summed E-state index contributed by atoms with van der Waals surface area (Å²) in [6, 6.07) is 8.05. The summed E-state index contributed by atoms with van der Waals surface area (Å²) in [5.74, 6) is -1.03. The molecule has 0 fully saturated rings. The standard InChI is InChI=1S/C14H10BrNO4/c15-11-5-1-4-10(14(18)19)13(11)16-12(17)7-6-9-3-2-8-20-9/h1-8H,(H,16,17)(H,18,19). The number of para-hydroxylation sites is 1. The quantitative estimate of drug-likeness (QED) is 0.839. The van der Waals surface area contributed by atoms with Crippen molar-refractivity contribution in [3.05, 3.63) is 58.5 Å². The van der Waals surface area contributed by atoms with Crippen molar-refractivity contribution in [1.82, 2.24) is 0 Å². The van der Waals surface area contributed by atoms with Crippen LogP contribution in [0.3, 0.4) is 0 Å². The molecule has 0 unspecified atom stereocenters. The number of carboxylic acid groups (broad SMARTS) is 1. The second-order valence-corrected chi connectivity index (χ2v) is 4.66. The smallest absolute Gasteiger partial charge is 0.337 e. The van der Waals surface area contributed by atoms with Gasteiger partial charge in [-0.3, -0.25) is 4.79 Å². The van der Waals surface area contributed by atoms with Gasteiger partial charge < -0.3 is 14.8 Å². The predicted molar refractivity (Wildman–Crippen MR) is 77.5 cm³/mol. The number of anilines is 1. The van der Waals surface area contributed by atoms with E-state index in [-0.39, 0.29) is 11.3 Å². The Balaban J connectivity index is 2.18. The van der Waals surface area contributed by atoms with Gasteiger partial charge in [0, 0.05) is 10.5 Å². The minimum absolute atomic E-state index is 0.0131. The average molecular weight is 336 g/mol. The molecule has 20 heavy (non-hydrogen) atoms. The summed E-state index contributed by atoms with van der Waals surface area (Å²) >= 11 is 3.21. The van der Waals surface area contributed by atoms with Crippen LogP contribution in [0.4, 0.5) is 5.69 Å². The zero-order chi connectivity index (χ0) is 14.5. The first-order valence-electron chi connectivity index (χ1n) is 5.62. The summed E-state index contributed by atoms with van der Waals surface area (Å²) in [5.41, 5.74) is 0.230. The molecule has 2 N–H and O–H groups in total. The number of carboxylic acids is 1. The average Bonchev–Trinajstić information content (AvgIpc) is 2.91. The number of carbonyl (C=O) groups excluding carboxylic acids is 1. The maximum absolute atomic E-state index is 11.8. The van der Waals surface area contributed by atoms with Gasteiger partial charge in [-0.15, -0.1) is 0 Å². The molecule has 0 saturated heterocycles. The molecule has 5 nitrogen and oxygen atoms in total. The summed E-state index contributed by atoms with van der Waals surface area (Å²) in [7, 11) is 0. The van der Waals surface area contributed by atoms with Gasteiger partial charge in [0.15, 0.2) is 0 Å². The first kappa shape index (κ1) is 14.1. The van der Waals surface area contributed by atoms with Gasteiger partial charge in [-0.05, 0) is 46.3 Å². The minimum atomic E-state index is -1.11. The second kappa shape index (κ2) is 6.21. The van der Waals surface area contributed by atoms with Gasteiger partial charge in [-0.2, -0.15) is 0 Å². The fraction of sp³-hybridized carbons (Fsp3) is 0. The van der Waals surface area contributed by atoms with Crippen LogP contribution in [0.5, 0.6) is 0 Å². The molecule has 1 amide bonds. The highest BCUT2D eigenvalue weighted by Crippen LogP contribution is 2.26. The molecule has 0 aliphatic rings. The molecule has 0 spiro atoms. The van der Waals surface area contributed by atoms with Crippen molar-refractivity contribution in [2.45, 2.75) is 0 Å². The summed E-state index contributed by atoms with van der Waals surface area (Å²) in [6.45, 7) is 0. The molecule has 2 rings (SSSR count). The van der Waals surface area contributed by atoms with Gasteiger partial charge >= 0.3 is 5.97 Å². The monoisotopic (exact) mass is 335 g/mol.